The Bertz CT molecular complexity index is 1680. The van der Waals surface area contributed by atoms with Crippen molar-refractivity contribution < 1.29 is 4.57 Å². The first-order valence-corrected chi connectivity index (χ1v) is 11.2. The summed E-state index contributed by atoms with van der Waals surface area (Å²) in [6.45, 7) is 9.00. The highest BCUT2D eigenvalue weighted by molar-refractivity contribution is 6.05. The van der Waals surface area contributed by atoms with E-state index in [4.69, 9.17) is 4.98 Å². The average molecular weight is 420 g/mol. The van der Waals surface area contributed by atoms with Crippen LogP contribution in [0.15, 0.2) is 72.9 Å². The zero-order valence-electron chi connectivity index (χ0n) is 19.2. The molecule has 0 spiro atoms. The molecule has 158 valence electrons. The maximum atomic E-state index is 5.17. The molecule has 0 aliphatic heterocycles. The van der Waals surface area contributed by atoms with Crippen LogP contribution in [-0.2, 0) is 12.5 Å². The van der Waals surface area contributed by atoms with Gasteiger partial charge >= 0.3 is 11.4 Å². The number of rotatable bonds is 1. The molecule has 4 nitrogen and oxygen atoms in total. The molecule has 0 fully saturated rings. The van der Waals surface area contributed by atoms with Crippen molar-refractivity contribution in [3.8, 4) is 5.69 Å². The van der Waals surface area contributed by atoms with Crippen molar-refractivity contribution in [2.75, 3.05) is 0 Å². The number of pyridine rings is 1. The van der Waals surface area contributed by atoms with Crippen LogP contribution >= 0.6 is 0 Å². The lowest BCUT2D eigenvalue weighted by molar-refractivity contribution is -0.645. The third-order valence-corrected chi connectivity index (χ3v) is 6.54. The Balaban J connectivity index is 1.96. The highest BCUT2D eigenvalue weighted by Crippen LogP contribution is 2.36. The van der Waals surface area contributed by atoms with E-state index in [1.807, 2.05) is 0 Å². The Labute approximate surface area is 187 Å². The SMILES string of the molecule is Cc1cccc2nc3n(-c4ccccc4C(C)(C)C)c4c5ccccc5c[n+](C)c4n3c12. The van der Waals surface area contributed by atoms with Crippen molar-refractivity contribution >= 4 is 38.7 Å². The van der Waals surface area contributed by atoms with Crippen LogP contribution in [-0.4, -0.2) is 14.0 Å². The fourth-order valence-electron chi connectivity index (χ4n) is 5.13. The van der Waals surface area contributed by atoms with Crippen LogP contribution < -0.4 is 4.57 Å². The third kappa shape index (κ3) is 2.49. The van der Waals surface area contributed by atoms with Crippen molar-refractivity contribution in [1.29, 1.82) is 0 Å². The number of imidazole rings is 2. The largest absolute Gasteiger partial charge is 0.314 e. The average Bonchev–Trinajstić information content (AvgIpc) is 3.28. The molecular formula is C28H27N4+. The van der Waals surface area contributed by atoms with Gasteiger partial charge in [0.25, 0.3) is 0 Å². The highest BCUT2D eigenvalue weighted by Gasteiger charge is 2.30. The predicted octanol–water partition coefficient (Wildman–Crippen LogP) is 6.02. The first-order valence-electron chi connectivity index (χ1n) is 11.2. The fourth-order valence-corrected chi connectivity index (χ4v) is 5.13. The summed E-state index contributed by atoms with van der Waals surface area (Å²) in [6.07, 6.45) is 2.22. The van der Waals surface area contributed by atoms with E-state index in [1.165, 1.54) is 38.6 Å². The van der Waals surface area contributed by atoms with E-state index in [1.54, 1.807) is 0 Å². The second kappa shape index (κ2) is 6.42. The number of hydrogen-bond acceptors (Lipinski definition) is 1. The number of aryl methyl sites for hydroxylation is 2. The quantitative estimate of drug-likeness (QED) is 0.300. The van der Waals surface area contributed by atoms with Gasteiger partial charge in [-0.25, -0.2) is 4.57 Å². The standard InChI is InChI=1S/C28H27N4/c1-18-11-10-15-22-24(18)32-26-25(20-13-7-6-12-19(20)17-30(26)5)31(27(32)29-22)23-16-9-8-14-21(23)28(2,3)4/h6-17H,1-5H3/q+1. The molecule has 6 aromatic rings. The molecular weight excluding hydrogens is 392 g/mol. The molecule has 0 aliphatic carbocycles. The molecule has 0 saturated carbocycles. The summed E-state index contributed by atoms with van der Waals surface area (Å²) in [5.41, 5.74) is 8.25. The fraction of sp³-hybridized carbons (Fsp3) is 0.214. The second-order valence-electron chi connectivity index (χ2n) is 9.79. The zero-order valence-corrected chi connectivity index (χ0v) is 19.2. The van der Waals surface area contributed by atoms with Gasteiger partial charge in [0, 0.05) is 10.8 Å². The van der Waals surface area contributed by atoms with E-state index in [2.05, 4.69) is 121 Å². The Morgan fingerprint density at radius 1 is 0.844 bits per heavy atom. The van der Waals surface area contributed by atoms with Crippen LogP contribution in [0, 0.1) is 6.92 Å². The van der Waals surface area contributed by atoms with E-state index in [-0.39, 0.29) is 5.41 Å². The van der Waals surface area contributed by atoms with Gasteiger partial charge in [-0.15, -0.1) is 0 Å². The number of benzene rings is 3. The molecule has 6 rings (SSSR count). The molecule has 0 amide bonds. The predicted molar refractivity (Wildman–Crippen MR) is 132 cm³/mol. The van der Waals surface area contributed by atoms with Gasteiger partial charge in [-0.1, -0.05) is 75.4 Å². The van der Waals surface area contributed by atoms with Gasteiger partial charge in [0.2, 0.25) is 0 Å². The van der Waals surface area contributed by atoms with Gasteiger partial charge < -0.3 is 0 Å². The van der Waals surface area contributed by atoms with Crippen molar-refractivity contribution in [2.45, 2.75) is 33.1 Å². The van der Waals surface area contributed by atoms with Crippen molar-refractivity contribution in [3.63, 3.8) is 0 Å². The van der Waals surface area contributed by atoms with E-state index in [0.717, 1.165) is 16.9 Å². The molecule has 0 N–H and O–H groups in total. The number of fused-ring (bicyclic) bond motifs is 7. The Morgan fingerprint density at radius 2 is 1.59 bits per heavy atom. The maximum absolute atomic E-state index is 5.17. The van der Waals surface area contributed by atoms with Crippen molar-refractivity contribution in [3.05, 3.63) is 84.1 Å². The van der Waals surface area contributed by atoms with E-state index < -0.39 is 0 Å². The monoisotopic (exact) mass is 419 g/mol. The van der Waals surface area contributed by atoms with Crippen LogP contribution in [0.2, 0.25) is 0 Å². The molecule has 3 aromatic heterocycles. The Hall–Kier alpha value is -3.66. The molecule has 3 heterocycles. The van der Waals surface area contributed by atoms with Crippen LogP contribution in [0.4, 0.5) is 0 Å². The number of hydrogen-bond donors (Lipinski definition) is 0. The van der Waals surface area contributed by atoms with Crippen molar-refractivity contribution in [1.82, 2.24) is 14.0 Å². The molecule has 0 bridgehead atoms. The maximum Gasteiger partial charge on any atom is 0.314 e. The lowest BCUT2D eigenvalue weighted by Gasteiger charge is -2.23. The third-order valence-electron chi connectivity index (χ3n) is 6.54. The highest BCUT2D eigenvalue weighted by atomic mass is 15.3. The molecule has 4 heteroatoms. The molecule has 32 heavy (non-hydrogen) atoms. The zero-order chi connectivity index (χ0) is 22.2. The normalized spacial score (nSPS) is 12.5. The molecule has 0 aliphatic rings. The van der Waals surface area contributed by atoms with Crippen LogP contribution in [0.5, 0.6) is 0 Å². The summed E-state index contributed by atoms with van der Waals surface area (Å²) < 4.78 is 6.96. The van der Waals surface area contributed by atoms with Gasteiger partial charge in [-0.2, -0.15) is 9.38 Å². The van der Waals surface area contributed by atoms with Gasteiger partial charge in [0.05, 0.1) is 18.9 Å². The van der Waals surface area contributed by atoms with Gasteiger partial charge in [0.1, 0.15) is 11.0 Å². The first kappa shape index (κ1) is 19.1. The number of aromatic nitrogens is 4. The van der Waals surface area contributed by atoms with Gasteiger partial charge in [-0.3, -0.25) is 4.57 Å². The lowest BCUT2D eigenvalue weighted by Crippen LogP contribution is -2.29. The van der Waals surface area contributed by atoms with E-state index >= 15 is 0 Å². The molecule has 0 saturated heterocycles. The summed E-state index contributed by atoms with van der Waals surface area (Å²) in [5.74, 6) is 0.952. The van der Waals surface area contributed by atoms with Gasteiger partial charge in [0.15, 0.2) is 5.52 Å². The van der Waals surface area contributed by atoms with E-state index in [0.29, 0.717) is 0 Å². The second-order valence-corrected chi connectivity index (χ2v) is 9.79. The Morgan fingerprint density at radius 3 is 2.41 bits per heavy atom. The number of para-hydroxylation sites is 2. The minimum Gasteiger partial charge on any atom is -0.252 e. The van der Waals surface area contributed by atoms with Crippen LogP contribution in [0.1, 0.15) is 31.9 Å². The van der Waals surface area contributed by atoms with Crippen LogP contribution in [0.3, 0.4) is 0 Å². The topological polar surface area (TPSA) is 26.1 Å². The van der Waals surface area contributed by atoms with Crippen LogP contribution in [0.25, 0.3) is 44.4 Å². The smallest absolute Gasteiger partial charge is 0.252 e. The van der Waals surface area contributed by atoms with Crippen molar-refractivity contribution in [2.24, 2.45) is 7.05 Å². The Kier molecular flexibility index (Phi) is 3.83. The molecule has 3 aromatic carbocycles. The summed E-state index contributed by atoms with van der Waals surface area (Å²) in [7, 11) is 2.14. The minimum atomic E-state index is -0.00111. The van der Waals surface area contributed by atoms with E-state index in [9.17, 15) is 0 Å². The first-order chi connectivity index (χ1) is 15.4. The number of nitrogens with zero attached hydrogens (tertiary/aromatic N) is 4. The van der Waals surface area contributed by atoms with Gasteiger partial charge in [-0.05, 0) is 35.6 Å². The summed E-state index contributed by atoms with van der Waals surface area (Å²) >= 11 is 0. The summed E-state index contributed by atoms with van der Waals surface area (Å²) in [5, 5.41) is 2.45. The molecule has 0 unspecified atom stereocenters. The lowest BCUT2D eigenvalue weighted by atomic mass is 9.85. The summed E-state index contributed by atoms with van der Waals surface area (Å²) in [6, 6.07) is 23.8. The molecule has 0 radical (unpaired) electrons. The molecule has 0 atom stereocenters. The minimum absolute atomic E-state index is 0.00111. The summed E-state index contributed by atoms with van der Waals surface area (Å²) in [4.78, 5) is 5.17.